The highest BCUT2D eigenvalue weighted by atomic mass is 16.5. The third-order valence-corrected chi connectivity index (χ3v) is 3.37. The third-order valence-electron chi connectivity index (χ3n) is 3.37. The van der Waals surface area contributed by atoms with E-state index in [4.69, 9.17) is 4.74 Å². The van der Waals surface area contributed by atoms with Crippen molar-refractivity contribution in [3.63, 3.8) is 0 Å². The van der Waals surface area contributed by atoms with Gasteiger partial charge in [-0.25, -0.2) is 0 Å². The number of ether oxygens (including phenoxy) is 1. The molecule has 0 aliphatic carbocycles. The Morgan fingerprint density at radius 3 is 2.59 bits per heavy atom. The molecule has 0 aromatic carbocycles. The van der Waals surface area contributed by atoms with Crippen molar-refractivity contribution in [3.8, 4) is 0 Å². The van der Waals surface area contributed by atoms with Crippen LogP contribution in [0.4, 0.5) is 0 Å². The molecule has 1 aliphatic rings. The summed E-state index contributed by atoms with van der Waals surface area (Å²) in [7, 11) is 0. The van der Waals surface area contributed by atoms with Gasteiger partial charge in [-0.2, -0.15) is 0 Å². The van der Waals surface area contributed by atoms with Gasteiger partial charge in [0.1, 0.15) is 5.76 Å². The van der Waals surface area contributed by atoms with Crippen molar-refractivity contribution in [1.29, 1.82) is 0 Å². The van der Waals surface area contributed by atoms with E-state index in [9.17, 15) is 0 Å². The van der Waals surface area contributed by atoms with Crippen molar-refractivity contribution in [3.05, 3.63) is 11.8 Å². The molecule has 0 fully saturated rings. The van der Waals surface area contributed by atoms with Crippen molar-refractivity contribution in [1.82, 2.24) is 5.32 Å². The van der Waals surface area contributed by atoms with Gasteiger partial charge in [0.25, 0.3) is 0 Å². The van der Waals surface area contributed by atoms with Crippen LogP contribution >= 0.6 is 0 Å². The molecule has 1 rings (SSSR count). The third kappa shape index (κ3) is 6.11. The molecule has 1 unspecified atom stereocenters. The second-order valence-electron chi connectivity index (χ2n) is 4.91. The topological polar surface area (TPSA) is 21.3 Å². The van der Waals surface area contributed by atoms with Crippen molar-refractivity contribution >= 4 is 0 Å². The molecule has 17 heavy (non-hydrogen) atoms. The van der Waals surface area contributed by atoms with Gasteiger partial charge in [-0.15, -0.1) is 0 Å². The molecule has 1 atom stereocenters. The maximum absolute atomic E-state index is 5.66. The average molecular weight is 239 g/mol. The molecule has 100 valence electrons. The fourth-order valence-corrected chi connectivity index (χ4v) is 2.40. The lowest BCUT2D eigenvalue weighted by molar-refractivity contribution is 0.211. The summed E-state index contributed by atoms with van der Waals surface area (Å²) in [6.07, 6.45) is 12.8. The molecule has 0 radical (unpaired) electrons. The van der Waals surface area contributed by atoms with Gasteiger partial charge >= 0.3 is 0 Å². The number of hydrogen-bond donors (Lipinski definition) is 1. The van der Waals surface area contributed by atoms with Gasteiger partial charge in [-0.05, 0) is 19.0 Å². The molecule has 0 saturated heterocycles. The number of rotatable bonds is 10. The summed E-state index contributed by atoms with van der Waals surface area (Å²) in [4.78, 5) is 0. The summed E-state index contributed by atoms with van der Waals surface area (Å²) in [5.41, 5.74) is 0. The van der Waals surface area contributed by atoms with Crippen LogP contribution in [0.1, 0.15) is 65.2 Å². The molecule has 0 aromatic heterocycles. The van der Waals surface area contributed by atoms with Crippen LogP contribution in [0.15, 0.2) is 11.8 Å². The van der Waals surface area contributed by atoms with Crippen molar-refractivity contribution in [2.24, 2.45) is 0 Å². The van der Waals surface area contributed by atoms with E-state index in [0.29, 0.717) is 6.04 Å². The lowest BCUT2D eigenvalue weighted by atomic mass is 10.0. The highest BCUT2D eigenvalue weighted by Gasteiger charge is 2.16. The maximum atomic E-state index is 5.66. The van der Waals surface area contributed by atoms with E-state index in [1.54, 1.807) is 0 Å². The van der Waals surface area contributed by atoms with Gasteiger partial charge in [0.05, 0.1) is 12.6 Å². The lowest BCUT2D eigenvalue weighted by Crippen LogP contribution is -2.31. The van der Waals surface area contributed by atoms with E-state index >= 15 is 0 Å². The minimum Gasteiger partial charge on any atom is -0.496 e. The Kier molecular flexibility index (Phi) is 8.16. The van der Waals surface area contributed by atoms with E-state index in [-0.39, 0.29) is 0 Å². The van der Waals surface area contributed by atoms with Gasteiger partial charge in [-0.3, -0.25) is 0 Å². The first-order valence-electron chi connectivity index (χ1n) is 7.44. The van der Waals surface area contributed by atoms with Crippen molar-refractivity contribution < 1.29 is 4.74 Å². The first-order valence-corrected chi connectivity index (χ1v) is 7.44. The van der Waals surface area contributed by atoms with Gasteiger partial charge in [0.2, 0.25) is 0 Å². The van der Waals surface area contributed by atoms with E-state index in [1.165, 1.54) is 50.7 Å². The Balaban J connectivity index is 2.11. The van der Waals surface area contributed by atoms with Crippen LogP contribution in [0.2, 0.25) is 0 Å². The molecule has 0 aromatic rings. The zero-order valence-corrected chi connectivity index (χ0v) is 11.6. The molecule has 0 amide bonds. The number of hydrogen-bond acceptors (Lipinski definition) is 2. The number of nitrogens with one attached hydrogen (secondary N) is 1. The second-order valence-corrected chi connectivity index (χ2v) is 4.91. The fourth-order valence-electron chi connectivity index (χ4n) is 2.40. The minimum absolute atomic E-state index is 0.466. The van der Waals surface area contributed by atoms with Gasteiger partial charge in [-0.1, -0.05) is 52.4 Å². The first-order chi connectivity index (χ1) is 8.38. The van der Waals surface area contributed by atoms with Crippen LogP contribution in [0.5, 0.6) is 0 Å². The van der Waals surface area contributed by atoms with E-state index in [1.807, 2.05) is 0 Å². The van der Waals surface area contributed by atoms with Crippen molar-refractivity contribution in [2.75, 3.05) is 13.2 Å². The van der Waals surface area contributed by atoms with Crippen LogP contribution in [0.3, 0.4) is 0 Å². The normalized spacial score (nSPS) is 16.7. The molecule has 0 spiro atoms. The van der Waals surface area contributed by atoms with Crippen LogP contribution in [-0.2, 0) is 4.74 Å². The quantitative estimate of drug-likeness (QED) is 0.581. The molecular formula is C15H29NO. The second kappa shape index (κ2) is 9.52. The molecule has 1 N–H and O–H groups in total. The van der Waals surface area contributed by atoms with Gasteiger partial charge < -0.3 is 10.1 Å². The van der Waals surface area contributed by atoms with Gasteiger partial charge in [0, 0.05) is 6.42 Å². The zero-order valence-electron chi connectivity index (χ0n) is 11.6. The summed E-state index contributed by atoms with van der Waals surface area (Å²) < 4.78 is 5.66. The maximum Gasteiger partial charge on any atom is 0.109 e. The Labute approximate surface area is 107 Å². The highest BCUT2D eigenvalue weighted by Crippen LogP contribution is 2.18. The standard InChI is InChI=1S/C15H29NO/c1-3-5-6-7-8-9-11-14(16-4-2)15-12-10-13-17-15/h12,14,16H,3-11,13H2,1-2H3. The predicted octanol–water partition coefficient (Wildman–Crippen LogP) is 4.02. The van der Waals surface area contributed by atoms with Crippen LogP contribution < -0.4 is 5.32 Å². The minimum atomic E-state index is 0.466. The molecule has 1 aliphatic heterocycles. The Bertz CT molecular complexity index is 213. The van der Waals surface area contributed by atoms with E-state index in [2.05, 4.69) is 25.2 Å². The van der Waals surface area contributed by atoms with Crippen LogP contribution in [0, 0.1) is 0 Å². The summed E-state index contributed by atoms with van der Waals surface area (Å²) in [5.74, 6) is 1.19. The SMILES string of the molecule is CCCCCCCCC(NCC)C1=CCCO1. The smallest absolute Gasteiger partial charge is 0.109 e. The van der Waals surface area contributed by atoms with Crippen LogP contribution in [-0.4, -0.2) is 19.2 Å². The predicted molar refractivity (Wildman–Crippen MR) is 74.1 cm³/mol. The summed E-state index contributed by atoms with van der Waals surface area (Å²) in [6, 6.07) is 0.466. The molecule has 1 heterocycles. The molecular weight excluding hydrogens is 210 g/mol. The summed E-state index contributed by atoms with van der Waals surface area (Å²) >= 11 is 0. The largest absolute Gasteiger partial charge is 0.496 e. The summed E-state index contributed by atoms with van der Waals surface area (Å²) in [6.45, 7) is 6.35. The van der Waals surface area contributed by atoms with E-state index in [0.717, 1.165) is 19.6 Å². The molecule has 0 saturated carbocycles. The highest BCUT2D eigenvalue weighted by molar-refractivity contribution is 5.06. The lowest BCUT2D eigenvalue weighted by Gasteiger charge is -2.18. The zero-order chi connectivity index (χ0) is 12.3. The Morgan fingerprint density at radius 2 is 1.94 bits per heavy atom. The van der Waals surface area contributed by atoms with E-state index < -0.39 is 0 Å². The molecule has 2 heteroatoms. The average Bonchev–Trinajstić information content (AvgIpc) is 2.86. The molecule has 0 bridgehead atoms. The summed E-state index contributed by atoms with van der Waals surface area (Å²) in [5, 5.41) is 3.53. The van der Waals surface area contributed by atoms with Crippen LogP contribution in [0.25, 0.3) is 0 Å². The first kappa shape index (κ1) is 14.6. The van der Waals surface area contributed by atoms with Gasteiger partial charge in [0.15, 0.2) is 0 Å². The monoisotopic (exact) mass is 239 g/mol. The number of unbranched alkanes of at least 4 members (excludes halogenated alkanes) is 5. The molecule has 2 nitrogen and oxygen atoms in total. The Morgan fingerprint density at radius 1 is 1.18 bits per heavy atom. The van der Waals surface area contributed by atoms with Crippen molar-refractivity contribution in [2.45, 2.75) is 71.3 Å². The number of likely N-dealkylation sites (N-methyl/N-ethyl adjacent to an activating group) is 1. The fraction of sp³-hybridized carbons (Fsp3) is 0.867. The Hall–Kier alpha value is -0.500.